The van der Waals surface area contributed by atoms with Gasteiger partial charge in [0.1, 0.15) is 0 Å². The Labute approximate surface area is 103 Å². The summed E-state index contributed by atoms with van der Waals surface area (Å²) in [6, 6.07) is 8.09. The molecule has 0 saturated carbocycles. The van der Waals surface area contributed by atoms with Crippen molar-refractivity contribution in [3.63, 3.8) is 0 Å². The monoisotopic (exact) mass is 235 g/mol. The molecule has 1 atom stereocenters. The van der Waals surface area contributed by atoms with Crippen molar-refractivity contribution in [2.75, 3.05) is 6.54 Å². The SMILES string of the molecule is CC(C)c1ccc(C(C)(CN)CC(=O)O)cc1. The first kappa shape index (κ1) is 13.7. The second-order valence-electron chi connectivity index (χ2n) is 5.11. The Balaban J connectivity index is 3.00. The quantitative estimate of drug-likeness (QED) is 0.824. The summed E-state index contributed by atoms with van der Waals surface area (Å²) in [4.78, 5) is 10.9. The summed E-state index contributed by atoms with van der Waals surface area (Å²) in [6.45, 7) is 6.49. The minimum Gasteiger partial charge on any atom is -0.481 e. The molecule has 3 N–H and O–H groups in total. The fraction of sp³-hybridized carbons (Fsp3) is 0.500. The van der Waals surface area contributed by atoms with E-state index in [9.17, 15) is 4.79 Å². The fourth-order valence-electron chi connectivity index (χ4n) is 1.90. The summed E-state index contributed by atoms with van der Waals surface area (Å²) in [5.74, 6) is -0.335. The Morgan fingerprint density at radius 1 is 1.35 bits per heavy atom. The summed E-state index contributed by atoms with van der Waals surface area (Å²) >= 11 is 0. The number of carbonyl (C=O) groups is 1. The molecular weight excluding hydrogens is 214 g/mol. The largest absolute Gasteiger partial charge is 0.481 e. The Hall–Kier alpha value is -1.35. The maximum absolute atomic E-state index is 10.9. The summed E-state index contributed by atoms with van der Waals surface area (Å²) < 4.78 is 0. The summed E-state index contributed by atoms with van der Waals surface area (Å²) in [6.07, 6.45) is 0.0600. The van der Waals surface area contributed by atoms with Gasteiger partial charge in [-0.2, -0.15) is 0 Å². The molecule has 0 aromatic heterocycles. The molecule has 0 aliphatic heterocycles. The van der Waals surface area contributed by atoms with E-state index >= 15 is 0 Å². The molecular formula is C14H21NO2. The Morgan fingerprint density at radius 3 is 2.24 bits per heavy atom. The van der Waals surface area contributed by atoms with Crippen LogP contribution < -0.4 is 5.73 Å². The molecule has 0 bridgehead atoms. The van der Waals surface area contributed by atoms with E-state index in [4.69, 9.17) is 10.8 Å². The van der Waals surface area contributed by atoms with Gasteiger partial charge < -0.3 is 10.8 Å². The second-order valence-corrected chi connectivity index (χ2v) is 5.11. The van der Waals surface area contributed by atoms with Crippen molar-refractivity contribution >= 4 is 5.97 Å². The van der Waals surface area contributed by atoms with Crippen LogP contribution in [-0.4, -0.2) is 17.6 Å². The van der Waals surface area contributed by atoms with Crippen LogP contribution in [0.15, 0.2) is 24.3 Å². The van der Waals surface area contributed by atoms with Crippen LogP contribution >= 0.6 is 0 Å². The zero-order valence-corrected chi connectivity index (χ0v) is 10.7. The lowest BCUT2D eigenvalue weighted by molar-refractivity contribution is -0.138. The van der Waals surface area contributed by atoms with Gasteiger partial charge in [0, 0.05) is 12.0 Å². The number of rotatable bonds is 5. The average molecular weight is 235 g/mol. The first-order valence-corrected chi connectivity index (χ1v) is 5.91. The highest BCUT2D eigenvalue weighted by molar-refractivity contribution is 5.69. The smallest absolute Gasteiger partial charge is 0.304 e. The van der Waals surface area contributed by atoms with Crippen molar-refractivity contribution in [2.24, 2.45) is 5.73 Å². The normalized spacial score (nSPS) is 14.6. The topological polar surface area (TPSA) is 63.3 Å². The van der Waals surface area contributed by atoms with Gasteiger partial charge in [0.05, 0.1) is 6.42 Å². The molecule has 94 valence electrons. The third-order valence-corrected chi connectivity index (χ3v) is 3.27. The molecule has 0 amide bonds. The first-order valence-electron chi connectivity index (χ1n) is 5.91. The average Bonchev–Trinajstić information content (AvgIpc) is 2.28. The molecule has 0 spiro atoms. The van der Waals surface area contributed by atoms with E-state index in [2.05, 4.69) is 26.0 Å². The highest BCUT2D eigenvalue weighted by atomic mass is 16.4. The van der Waals surface area contributed by atoms with Gasteiger partial charge >= 0.3 is 5.97 Å². The highest BCUT2D eigenvalue weighted by Crippen LogP contribution is 2.28. The lowest BCUT2D eigenvalue weighted by Gasteiger charge is -2.27. The third-order valence-electron chi connectivity index (χ3n) is 3.27. The predicted molar refractivity (Wildman–Crippen MR) is 69.2 cm³/mol. The van der Waals surface area contributed by atoms with E-state index in [-0.39, 0.29) is 6.42 Å². The van der Waals surface area contributed by atoms with Gasteiger partial charge in [0.25, 0.3) is 0 Å². The molecule has 0 aliphatic rings. The van der Waals surface area contributed by atoms with Crippen LogP contribution in [0.2, 0.25) is 0 Å². The van der Waals surface area contributed by atoms with Gasteiger partial charge in [0.2, 0.25) is 0 Å². The molecule has 1 unspecified atom stereocenters. The fourth-order valence-corrected chi connectivity index (χ4v) is 1.90. The van der Waals surface area contributed by atoms with Gasteiger partial charge in [-0.25, -0.2) is 0 Å². The van der Waals surface area contributed by atoms with Crippen LogP contribution in [0, 0.1) is 0 Å². The molecule has 1 rings (SSSR count). The van der Waals surface area contributed by atoms with E-state index in [1.54, 1.807) is 0 Å². The summed E-state index contributed by atoms with van der Waals surface area (Å²) in [5, 5.41) is 8.93. The van der Waals surface area contributed by atoms with E-state index in [1.165, 1.54) is 5.56 Å². The number of carboxylic acid groups (broad SMARTS) is 1. The van der Waals surface area contributed by atoms with Crippen molar-refractivity contribution in [3.8, 4) is 0 Å². The zero-order valence-electron chi connectivity index (χ0n) is 10.7. The van der Waals surface area contributed by atoms with Crippen LogP contribution in [0.3, 0.4) is 0 Å². The molecule has 3 heteroatoms. The van der Waals surface area contributed by atoms with Crippen LogP contribution in [0.25, 0.3) is 0 Å². The Morgan fingerprint density at radius 2 is 1.88 bits per heavy atom. The molecule has 0 heterocycles. The third kappa shape index (κ3) is 3.30. The van der Waals surface area contributed by atoms with Gasteiger partial charge in [-0.05, 0) is 17.0 Å². The predicted octanol–water partition coefficient (Wildman–Crippen LogP) is 2.50. The van der Waals surface area contributed by atoms with Crippen molar-refractivity contribution in [2.45, 2.75) is 38.5 Å². The van der Waals surface area contributed by atoms with E-state index < -0.39 is 11.4 Å². The summed E-state index contributed by atoms with van der Waals surface area (Å²) in [7, 11) is 0. The van der Waals surface area contributed by atoms with E-state index in [0.717, 1.165) is 5.56 Å². The maximum Gasteiger partial charge on any atom is 0.304 e. The van der Waals surface area contributed by atoms with Gasteiger partial charge in [0.15, 0.2) is 0 Å². The molecule has 1 aromatic rings. The molecule has 0 radical (unpaired) electrons. The number of carboxylic acids is 1. The van der Waals surface area contributed by atoms with Gasteiger partial charge in [-0.3, -0.25) is 4.79 Å². The minimum absolute atomic E-state index is 0.0600. The van der Waals surface area contributed by atoms with E-state index in [0.29, 0.717) is 12.5 Å². The second kappa shape index (κ2) is 5.32. The molecule has 0 aliphatic carbocycles. The van der Waals surface area contributed by atoms with Crippen molar-refractivity contribution in [3.05, 3.63) is 35.4 Å². The van der Waals surface area contributed by atoms with Crippen molar-refractivity contribution in [1.82, 2.24) is 0 Å². The maximum atomic E-state index is 10.9. The lowest BCUT2D eigenvalue weighted by Crippen LogP contribution is -2.34. The number of benzene rings is 1. The Kier molecular flexibility index (Phi) is 4.29. The van der Waals surface area contributed by atoms with Crippen molar-refractivity contribution < 1.29 is 9.90 Å². The first-order chi connectivity index (χ1) is 7.89. The highest BCUT2D eigenvalue weighted by Gasteiger charge is 2.28. The standard InChI is InChI=1S/C14H21NO2/c1-10(2)11-4-6-12(7-5-11)14(3,9-15)8-13(16)17/h4-7,10H,8-9,15H2,1-3H3,(H,16,17). The number of hydrogen-bond donors (Lipinski definition) is 2. The van der Waals surface area contributed by atoms with Crippen LogP contribution in [0.1, 0.15) is 44.2 Å². The molecule has 17 heavy (non-hydrogen) atoms. The molecule has 0 saturated heterocycles. The number of aliphatic carboxylic acids is 1. The van der Waals surface area contributed by atoms with Crippen molar-refractivity contribution in [1.29, 1.82) is 0 Å². The van der Waals surface area contributed by atoms with Crippen LogP contribution in [0.4, 0.5) is 0 Å². The summed E-state index contributed by atoms with van der Waals surface area (Å²) in [5.41, 5.74) is 7.48. The Bertz CT molecular complexity index is 384. The lowest BCUT2D eigenvalue weighted by atomic mass is 9.79. The number of nitrogens with two attached hydrogens (primary N) is 1. The zero-order chi connectivity index (χ0) is 13.1. The molecule has 0 fully saturated rings. The minimum atomic E-state index is -0.814. The molecule has 1 aromatic carbocycles. The van der Waals surface area contributed by atoms with Gasteiger partial charge in [-0.15, -0.1) is 0 Å². The van der Waals surface area contributed by atoms with E-state index in [1.807, 2.05) is 19.1 Å². The molecule has 3 nitrogen and oxygen atoms in total. The van der Waals surface area contributed by atoms with Gasteiger partial charge in [-0.1, -0.05) is 45.0 Å². The number of hydrogen-bond acceptors (Lipinski definition) is 2. The van der Waals surface area contributed by atoms with Crippen LogP contribution in [0.5, 0.6) is 0 Å². The van der Waals surface area contributed by atoms with Crippen LogP contribution in [-0.2, 0) is 10.2 Å².